The zero-order valence-corrected chi connectivity index (χ0v) is 19.3. The molecule has 0 aliphatic carbocycles. The number of ether oxygens (including phenoxy) is 1. The largest absolute Gasteiger partial charge is 0.379 e. The lowest BCUT2D eigenvalue weighted by Crippen LogP contribution is -2.39. The number of guanidine groups is 1. The fraction of sp³-hybridized carbons (Fsp3) is 0.333. The zero-order valence-electron chi connectivity index (χ0n) is 16.8. The average molecular weight is 464 g/mol. The van der Waals surface area contributed by atoms with Gasteiger partial charge in [0.2, 0.25) is 5.96 Å². The molecule has 0 spiro atoms. The van der Waals surface area contributed by atoms with Crippen LogP contribution in [0.1, 0.15) is 5.56 Å². The van der Waals surface area contributed by atoms with Crippen LogP contribution in [0, 0.1) is 0 Å². The van der Waals surface area contributed by atoms with Crippen LogP contribution in [0.3, 0.4) is 0 Å². The minimum absolute atomic E-state index is 0.0260. The van der Waals surface area contributed by atoms with Crippen molar-refractivity contribution in [1.82, 2.24) is 14.0 Å². The SMILES string of the molecule is CN=C(NSN1CCOCC1)N1CC(S)C(c2ccc(Cl)cc2)=N1.c1ccccc1. The standard InChI is InChI=1S/C15H20ClN5OS2.C6H6/c1-17-15(19-24-20-6-8-22-9-7-20)21-10-13(23)14(18-21)11-2-4-12(16)5-3-11;1-2-4-6-5-3-1/h2-5,13,23H,6-10H2,1H3,(H,17,19);1-6H. The van der Waals surface area contributed by atoms with Crippen LogP contribution in [0.4, 0.5) is 0 Å². The van der Waals surface area contributed by atoms with E-state index in [1.54, 1.807) is 7.05 Å². The van der Waals surface area contributed by atoms with Gasteiger partial charge in [0.1, 0.15) is 0 Å². The molecule has 2 aliphatic rings. The topological polar surface area (TPSA) is 52.5 Å². The van der Waals surface area contributed by atoms with Crippen LogP contribution in [0.5, 0.6) is 0 Å². The van der Waals surface area contributed by atoms with E-state index in [1.807, 2.05) is 65.7 Å². The number of nitrogens with one attached hydrogen (secondary N) is 1. The summed E-state index contributed by atoms with van der Waals surface area (Å²) in [6, 6.07) is 19.7. The number of hydrogen-bond donors (Lipinski definition) is 2. The molecule has 2 aliphatic heterocycles. The van der Waals surface area contributed by atoms with Gasteiger partial charge in [0.15, 0.2) is 0 Å². The molecule has 1 unspecified atom stereocenters. The number of hydrogen-bond acceptors (Lipinski definition) is 6. The van der Waals surface area contributed by atoms with Crippen LogP contribution < -0.4 is 4.72 Å². The fourth-order valence-corrected chi connectivity index (χ4v) is 4.05. The van der Waals surface area contributed by atoms with E-state index >= 15 is 0 Å². The Morgan fingerprint density at radius 3 is 2.30 bits per heavy atom. The molecule has 6 nitrogen and oxygen atoms in total. The van der Waals surface area contributed by atoms with Gasteiger partial charge in [-0.15, -0.1) is 0 Å². The predicted molar refractivity (Wildman–Crippen MR) is 130 cm³/mol. The Kier molecular flexibility index (Phi) is 9.35. The highest BCUT2D eigenvalue weighted by molar-refractivity contribution is 7.95. The number of benzene rings is 2. The van der Waals surface area contributed by atoms with E-state index in [0.29, 0.717) is 11.6 Å². The third-order valence-corrected chi connectivity index (χ3v) is 5.95. The Balaban J connectivity index is 0.000000367. The number of thiol groups is 1. The minimum Gasteiger partial charge on any atom is -0.379 e. The highest BCUT2D eigenvalue weighted by Crippen LogP contribution is 2.21. The Hall–Kier alpha value is -1.71. The van der Waals surface area contributed by atoms with Crippen LogP contribution in [-0.2, 0) is 4.74 Å². The lowest BCUT2D eigenvalue weighted by Gasteiger charge is -2.26. The highest BCUT2D eigenvalue weighted by Gasteiger charge is 2.28. The lowest BCUT2D eigenvalue weighted by molar-refractivity contribution is 0.0771. The molecule has 2 aromatic rings. The molecule has 2 aromatic carbocycles. The molecule has 1 saturated heterocycles. The van der Waals surface area contributed by atoms with Gasteiger partial charge in [0.25, 0.3) is 0 Å². The van der Waals surface area contributed by atoms with Crippen LogP contribution in [0.15, 0.2) is 70.8 Å². The minimum atomic E-state index is 0.0260. The van der Waals surface area contributed by atoms with Gasteiger partial charge in [0.05, 0.1) is 30.7 Å². The molecule has 4 rings (SSSR count). The van der Waals surface area contributed by atoms with Crippen molar-refractivity contribution in [3.63, 3.8) is 0 Å². The van der Waals surface area contributed by atoms with Gasteiger partial charge in [-0.25, -0.2) is 9.31 Å². The van der Waals surface area contributed by atoms with Crippen molar-refractivity contribution in [2.75, 3.05) is 39.9 Å². The lowest BCUT2D eigenvalue weighted by atomic mass is 10.1. The first-order valence-corrected chi connectivity index (χ1v) is 11.4. The number of rotatable bonds is 3. The van der Waals surface area contributed by atoms with E-state index in [0.717, 1.165) is 43.5 Å². The molecule has 30 heavy (non-hydrogen) atoms. The maximum absolute atomic E-state index is 5.96. The fourth-order valence-electron chi connectivity index (χ4n) is 2.83. The summed E-state index contributed by atoms with van der Waals surface area (Å²) in [6.45, 7) is 3.97. The van der Waals surface area contributed by atoms with Gasteiger partial charge in [-0.3, -0.25) is 9.71 Å². The predicted octanol–water partition coefficient (Wildman–Crippen LogP) is 3.82. The average Bonchev–Trinajstić information content (AvgIpc) is 3.18. The number of morpholine rings is 1. The monoisotopic (exact) mass is 463 g/mol. The Labute approximate surface area is 193 Å². The number of halogens is 1. The second-order valence-corrected chi connectivity index (χ2v) is 8.49. The van der Waals surface area contributed by atoms with Crippen molar-refractivity contribution in [1.29, 1.82) is 0 Å². The summed E-state index contributed by atoms with van der Waals surface area (Å²) in [4.78, 5) is 4.32. The molecule has 0 amide bonds. The van der Waals surface area contributed by atoms with Crippen molar-refractivity contribution in [3.8, 4) is 0 Å². The number of aliphatic imine (C=N–C) groups is 1. The first-order chi connectivity index (χ1) is 14.7. The highest BCUT2D eigenvalue weighted by atomic mass is 35.5. The van der Waals surface area contributed by atoms with E-state index in [-0.39, 0.29) is 5.25 Å². The third kappa shape index (κ3) is 6.92. The number of nitrogens with zero attached hydrogens (tertiary/aromatic N) is 4. The summed E-state index contributed by atoms with van der Waals surface area (Å²) >= 11 is 12.2. The van der Waals surface area contributed by atoms with E-state index in [9.17, 15) is 0 Å². The molecule has 0 aromatic heterocycles. The second kappa shape index (κ2) is 12.2. The second-order valence-electron chi connectivity index (χ2n) is 6.53. The molecule has 0 saturated carbocycles. The molecule has 1 fully saturated rings. The van der Waals surface area contributed by atoms with Gasteiger partial charge in [0, 0.05) is 37.3 Å². The van der Waals surface area contributed by atoms with Crippen molar-refractivity contribution < 1.29 is 4.74 Å². The van der Waals surface area contributed by atoms with E-state index in [2.05, 4.69) is 31.7 Å². The Bertz CT molecular complexity index is 802. The van der Waals surface area contributed by atoms with Gasteiger partial charge in [-0.1, -0.05) is 60.1 Å². The van der Waals surface area contributed by atoms with Crippen molar-refractivity contribution in [3.05, 3.63) is 71.2 Å². The van der Waals surface area contributed by atoms with Crippen LogP contribution in [0.25, 0.3) is 0 Å². The van der Waals surface area contributed by atoms with Gasteiger partial charge in [-0.2, -0.15) is 17.7 Å². The Morgan fingerprint density at radius 2 is 1.73 bits per heavy atom. The first kappa shape index (κ1) is 23.0. The van der Waals surface area contributed by atoms with Crippen molar-refractivity contribution in [2.45, 2.75) is 5.25 Å². The zero-order chi connectivity index (χ0) is 21.2. The summed E-state index contributed by atoms with van der Waals surface area (Å²) in [7, 11) is 1.76. The smallest absolute Gasteiger partial charge is 0.225 e. The quantitative estimate of drug-likeness (QED) is 0.314. The van der Waals surface area contributed by atoms with Gasteiger partial charge >= 0.3 is 0 Å². The molecule has 1 atom stereocenters. The van der Waals surface area contributed by atoms with Crippen LogP contribution in [0.2, 0.25) is 5.02 Å². The van der Waals surface area contributed by atoms with Crippen molar-refractivity contribution in [2.24, 2.45) is 10.1 Å². The molecular formula is C21H26ClN5OS2. The molecular weight excluding hydrogens is 438 g/mol. The van der Waals surface area contributed by atoms with Crippen molar-refractivity contribution >= 4 is 48.0 Å². The summed E-state index contributed by atoms with van der Waals surface area (Å²) in [6.07, 6.45) is 0. The number of hydrazone groups is 1. The molecule has 9 heteroatoms. The summed E-state index contributed by atoms with van der Waals surface area (Å²) < 4.78 is 10.9. The normalized spacial score (nSPS) is 19.7. The van der Waals surface area contributed by atoms with Gasteiger partial charge in [-0.05, 0) is 17.7 Å². The molecule has 1 N–H and O–H groups in total. The van der Waals surface area contributed by atoms with Crippen LogP contribution in [-0.4, -0.2) is 66.1 Å². The first-order valence-electron chi connectivity index (χ1n) is 9.70. The van der Waals surface area contributed by atoms with Crippen LogP contribution >= 0.6 is 36.4 Å². The van der Waals surface area contributed by atoms with E-state index in [4.69, 9.17) is 16.3 Å². The summed E-state index contributed by atoms with van der Waals surface area (Å²) in [5.74, 6) is 0.717. The molecule has 160 valence electrons. The summed E-state index contributed by atoms with van der Waals surface area (Å²) in [5, 5.41) is 7.28. The maximum Gasteiger partial charge on any atom is 0.225 e. The maximum atomic E-state index is 5.96. The Morgan fingerprint density at radius 1 is 1.13 bits per heavy atom. The van der Waals surface area contributed by atoms with E-state index < -0.39 is 0 Å². The van der Waals surface area contributed by atoms with Gasteiger partial charge < -0.3 is 4.74 Å². The molecule has 0 radical (unpaired) electrons. The van der Waals surface area contributed by atoms with E-state index in [1.165, 1.54) is 12.1 Å². The molecule has 2 heterocycles. The molecule has 0 bridgehead atoms. The summed E-state index contributed by atoms with van der Waals surface area (Å²) in [5.41, 5.74) is 1.95. The third-order valence-electron chi connectivity index (χ3n) is 4.39.